The molecule has 0 unspecified atom stereocenters. The molecule has 284 valence electrons. The Morgan fingerprint density at radius 2 is 1.48 bits per heavy atom. The maximum Gasteiger partial charge on any atom is 0.340 e. The number of nitriles is 1. The van der Waals surface area contributed by atoms with Crippen LogP contribution in [0, 0.1) is 11.3 Å². The van der Waals surface area contributed by atoms with Gasteiger partial charge in [0.05, 0.1) is 69.4 Å². The summed E-state index contributed by atoms with van der Waals surface area (Å²) in [5, 5.41) is 47.6. The Hall–Kier alpha value is -3.27. The Bertz CT molecular complexity index is 1590. The molecule has 2 aliphatic heterocycles. The van der Waals surface area contributed by atoms with Crippen LogP contribution in [0.2, 0.25) is 0 Å². The molecule has 15 heteroatoms. The van der Waals surface area contributed by atoms with Crippen molar-refractivity contribution in [2.24, 2.45) is 7.05 Å². The van der Waals surface area contributed by atoms with E-state index in [0.29, 0.717) is 54.2 Å². The Kier molecular flexibility index (Phi) is 15.6. The number of aromatic nitrogens is 1. The Balaban J connectivity index is 1.49. The molecular formula is C37H53N7O7S. The van der Waals surface area contributed by atoms with Gasteiger partial charge in [-0.05, 0) is 25.1 Å². The van der Waals surface area contributed by atoms with Crippen molar-refractivity contribution >= 4 is 28.6 Å². The maximum atomic E-state index is 13.9. The quantitative estimate of drug-likeness (QED) is 0.0936. The van der Waals surface area contributed by atoms with Gasteiger partial charge in [0.1, 0.15) is 11.8 Å². The highest BCUT2D eigenvalue weighted by atomic mass is 32.2. The van der Waals surface area contributed by atoms with E-state index in [9.17, 15) is 15.2 Å². The predicted molar refractivity (Wildman–Crippen MR) is 199 cm³/mol. The summed E-state index contributed by atoms with van der Waals surface area (Å²) >= 11 is 1.61. The number of phenols is 1. The van der Waals surface area contributed by atoms with E-state index in [4.69, 9.17) is 24.4 Å². The number of nitrogens with zero attached hydrogens (tertiary/aromatic N) is 7. The predicted octanol–water partition coefficient (Wildman–Crippen LogP) is 2.11. The summed E-state index contributed by atoms with van der Waals surface area (Å²) in [6.07, 6.45) is 0. The second-order valence-corrected chi connectivity index (χ2v) is 13.8. The van der Waals surface area contributed by atoms with Gasteiger partial charge < -0.3 is 34.1 Å². The van der Waals surface area contributed by atoms with E-state index < -0.39 is 5.97 Å². The van der Waals surface area contributed by atoms with Gasteiger partial charge in [0.25, 0.3) is 0 Å². The molecule has 0 aliphatic carbocycles. The molecular weight excluding hydrogens is 687 g/mol. The van der Waals surface area contributed by atoms with Crippen LogP contribution in [-0.2, 0) is 33.6 Å². The monoisotopic (exact) mass is 739 g/mol. The standard InChI is InChI=1S/C37H53N7O7S/c1-3-51-37(48)35-33(28-52-30-7-5-4-6-8-30)39(2)32-25-29(26-38)36(47)31(34(32)35)27-44(42-13-9-40(10-14-42)17-21-49-23-19-45)43-15-11-41(12-16-43)18-22-50-24-20-46/h4-8,25,45-47H,3,9-24,27-28H2,1-2H3. The first kappa shape index (κ1) is 39.9. The number of aliphatic hydroxyl groups excluding tert-OH is 2. The molecule has 3 N–H and O–H groups in total. The zero-order valence-corrected chi connectivity index (χ0v) is 31.2. The molecule has 0 atom stereocenters. The number of thioether (sulfide) groups is 1. The minimum Gasteiger partial charge on any atom is -0.506 e. The number of hydrogen-bond donors (Lipinski definition) is 3. The SMILES string of the molecule is CCOC(=O)c1c(CSc2ccccc2)n(C)c2cc(C#N)c(O)c(CN(N3CCN(CCOCCO)CC3)N3CCN(CCOCCO)CC3)c12. The molecule has 0 spiro atoms. The van der Waals surface area contributed by atoms with E-state index in [0.717, 1.165) is 76.0 Å². The molecule has 52 heavy (non-hydrogen) atoms. The third-order valence-electron chi connectivity index (χ3n) is 9.63. The van der Waals surface area contributed by atoms with Gasteiger partial charge in [-0.25, -0.2) is 14.8 Å². The molecule has 0 radical (unpaired) electrons. The molecule has 0 bridgehead atoms. The van der Waals surface area contributed by atoms with Gasteiger partial charge in [-0.1, -0.05) is 18.2 Å². The number of ether oxygens (including phenoxy) is 3. The molecule has 2 fully saturated rings. The van der Waals surface area contributed by atoms with Crippen molar-refractivity contribution in [1.82, 2.24) is 29.5 Å². The second-order valence-electron chi connectivity index (χ2n) is 12.8. The van der Waals surface area contributed by atoms with Crippen molar-refractivity contribution in [2.75, 3.05) is 112 Å². The molecule has 0 amide bonds. The molecule has 2 aliphatic rings. The molecule has 3 heterocycles. The summed E-state index contributed by atoms with van der Waals surface area (Å²) in [6, 6.07) is 13.9. The van der Waals surface area contributed by atoms with Crippen LogP contribution in [0.5, 0.6) is 5.75 Å². The van der Waals surface area contributed by atoms with Crippen LogP contribution in [0.4, 0.5) is 0 Å². The van der Waals surface area contributed by atoms with Gasteiger partial charge >= 0.3 is 5.97 Å². The number of benzene rings is 2. The van der Waals surface area contributed by atoms with E-state index in [2.05, 4.69) is 31.0 Å². The summed E-state index contributed by atoms with van der Waals surface area (Å²) < 4.78 is 18.6. The van der Waals surface area contributed by atoms with E-state index in [-0.39, 0.29) is 37.7 Å². The van der Waals surface area contributed by atoms with E-state index in [1.807, 2.05) is 41.9 Å². The number of phenolic OH excluding ortho intramolecular Hbond substituents is 1. The fraction of sp³-hybridized carbons (Fsp3) is 0.568. The van der Waals surface area contributed by atoms with Gasteiger partial charge in [-0.2, -0.15) is 10.4 Å². The molecule has 14 nitrogen and oxygen atoms in total. The summed E-state index contributed by atoms with van der Waals surface area (Å²) in [4.78, 5) is 19.6. The smallest absolute Gasteiger partial charge is 0.340 e. The van der Waals surface area contributed by atoms with E-state index in [1.54, 1.807) is 24.8 Å². The first-order chi connectivity index (χ1) is 25.4. The van der Waals surface area contributed by atoms with Crippen LogP contribution in [0.1, 0.15) is 34.1 Å². The van der Waals surface area contributed by atoms with Gasteiger partial charge in [0.2, 0.25) is 0 Å². The lowest BCUT2D eigenvalue weighted by atomic mass is 10.00. The number of aryl methyl sites for hydroxylation is 1. The third kappa shape index (κ3) is 10.0. The largest absolute Gasteiger partial charge is 0.506 e. The molecule has 0 saturated carbocycles. The second kappa shape index (κ2) is 20.3. The van der Waals surface area contributed by atoms with Crippen LogP contribution in [0.15, 0.2) is 41.3 Å². The Morgan fingerprint density at radius 3 is 2.00 bits per heavy atom. The number of rotatable bonds is 19. The van der Waals surface area contributed by atoms with E-state index in [1.165, 1.54) is 0 Å². The average molecular weight is 740 g/mol. The number of fused-ring (bicyclic) bond motifs is 1. The maximum absolute atomic E-state index is 13.9. The molecule has 2 aromatic carbocycles. The summed E-state index contributed by atoms with van der Waals surface area (Å²) in [5.41, 5.74) is 2.54. The summed E-state index contributed by atoms with van der Waals surface area (Å²) in [7, 11) is 1.90. The van der Waals surface area contributed by atoms with Crippen molar-refractivity contribution in [1.29, 1.82) is 5.26 Å². The Morgan fingerprint density at radius 1 is 0.904 bits per heavy atom. The van der Waals surface area contributed by atoms with Gasteiger partial charge in [0.15, 0.2) is 0 Å². The number of esters is 1. The third-order valence-corrected chi connectivity index (χ3v) is 10.7. The van der Waals surface area contributed by atoms with Gasteiger partial charge in [-0.3, -0.25) is 9.80 Å². The topological polar surface area (TPSA) is 150 Å². The fourth-order valence-electron chi connectivity index (χ4n) is 6.84. The lowest BCUT2D eigenvalue weighted by molar-refractivity contribution is -0.214. The molecule has 2 saturated heterocycles. The number of carbonyl (C=O) groups excluding carboxylic acids is 1. The average Bonchev–Trinajstić information content (AvgIpc) is 3.45. The van der Waals surface area contributed by atoms with Gasteiger partial charge in [-0.15, -0.1) is 11.8 Å². The summed E-state index contributed by atoms with van der Waals surface area (Å²) in [5.74, 6) is -0.0937. The highest BCUT2D eigenvalue weighted by Gasteiger charge is 2.33. The van der Waals surface area contributed by atoms with Crippen molar-refractivity contribution in [2.45, 2.75) is 24.1 Å². The van der Waals surface area contributed by atoms with Crippen LogP contribution in [0.25, 0.3) is 10.9 Å². The number of carbonyl (C=O) groups is 1. The normalized spacial score (nSPS) is 16.5. The number of aromatic hydroxyl groups is 1. The van der Waals surface area contributed by atoms with Crippen LogP contribution in [0.3, 0.4) is 0 Å². The van der Waals surface area contributed by atoms with Crippen molar-refractivity contribution < 1.29 is 34.3 Å². The highest BCUT2D eigenvalue weighted by molar-refractivity contribution is 7.98. The molecule has 5 rings (SSSR count). The minimum atomic E-state index is -0.456. The number of aliphatic hydroxyl groups is 2. The minimum absolute atomic E-state index is 0.00541. The summed E-state index contributed by atoms with van der Waals surface area (Å²) in [6.45, 7) is 11.7. The van der Waals surface area contributed by atoms with E-state index >= 15 is 0 Å². The number of hydrogen-bond acceptors (Lipinski definition) is 14. The van der Waals surface area contributed by atoms with Crippen molar-refractivity contribution in [3.8, 4) is 11.8 Å². The van der Waals surface area contributed by atoms with Crippen molar-refractivity contribution in [3.05, 3.63) is 58.8 Å². The van der Waals surface area contributed by atoms with Gasteiger partial charge in [0, 0.05) is 99.8 Å². The first-order valence-electron chi connectivity index (χ1n) is 18.1. The molecule has 3 aromatic rings. The lowest BCUT2D eigenvalue weighted by Gasteiger charge is -2.48. The van der Waals surface area contributed by atoms with Crippen LogP contribution >= 0.6 is 11.8 Å². The molecule has 1 aromatic heterocycles. The fourth-order valence-corrected chi connectivity index (χ4v) is 7.83. The number of hydrazine groups is 2. The highest BCUT2D eigenvalue weighted by Crippen LogP contribution is 2.40. The lowest BCUT2D eigenvalue weighted by Crippen LogP contribution is -2.62. The number of piperazine rings is 2. The van der Waals surface area contributed by atoms with Crippen LogP contribution < -0.4 is 0 Å². The van der Waals surface area contributed by atoms with Crippen LogP contribution in [-0.4, -0.2) is 162 Å². The Labute approximate surface area is 310 Å². The first-order valence-corrected chi connectivity index (χ1v) is 19.1. The van der Waals surface area contributed by atoms with Crippen molar-refractivity contribution in [3.63, 3.8) is 0 Å². The zero-order chi connectivity index (χ0) is 36.9. The zero-order valence-electron chi connectivity index (χ0n) is 30.4.